The van der Waals surface area contributed by atoms with Gasteiger partial charge in [0.1, 0.15) is 5.76 Å². The highest BCUT2D eigenvalue weighted by atomic mass is 16.5. The average molecular weight is 328 g/mol. The van der Waals surface area contributed by atoms with Gasteiger partial charge < -0.3 is 9.42 Å². The number of hydrogen-bond donors (Lipinski definition) is 1. The van der Waals surface area contributed by atoms with Crippen LogP contribution < -0.4 is 5.32 Å². The van der Waals surface area contributed by atoms with Crippen LogP contribution in [0.15, 0.2) is 40.9 Å². The molecular formula is C18H24N4O2. The zero-order chi connectivity index (χ0) is 16.8. The van der Waals surface area contributed by atoms with E-state index in [0.717, 1.165) is 45.6 Å². The highest BCUT2D eigenvalue weighted by Gasteiger charge is 2.21. The Morgan fingerprint density at radius 3 is 2.62 bits per heavy atom. The third-order valence-corrected chi connectivity index (χ3v) is 4.31. The van der Waals surface area contributed by atoms with Crippen LogP contribution in [0.2, 0.25) is 0 Å². The molecule has 3 rings (SSSR count). The highest BCUT2D eigenvalue weighted by Crippen LogP contribution is 2.10. The first-order valence-electron chi connectivity index (χ1n) is 8.46. The van der Waals surface area contributed by atoms with Crippen molar-refractivity contribution in [2.24, 2.45) is 0 Å². The van der Waals surface area contributed by atoms with Crippen molar-refractivity contribution >= 4 is 11.8 Å². The van der Waals surface area contributed by atoms with Crippen LogP contribution in [0.3, 0.4) is 0 Å². The summed E-state index contributed by atoms with van der Waals surface area (Å²) in [5, 5.41) is 6.57. The Balaban J connectivity index is 1.37. The number of carbonyl (C=O) groups is 1. The molecule has 2 heterocycles. The summed E-state index contributed by atoms with van der Waals surface area (Å²) in [4.78, 5) is 16.5. The van der Waals surface area contributed by atoms with Gasteiger partial charge in [0.2, 0.25) is 0 Å². The summed E-state index contributed by atoms with van der Waals surface area (Å²) in [6, 6.07) is 12.2. The first-order valence-corrected chi connectivity index (χ1v) is 8.46. The van der Waals surface area contributed by atoms with E-state index in [0.29, 0.717) is 11.6 Å². The SMILES string of the molecule is Cc1cc(NC(=O)N2CCN(CCCc3ccccc3)CC2)no1. The van der Waals surface area contributed by atoms with Crippen LogP contribution >= 0.6 is 0 Å². The lowest BCUT2D eigenvalue weighted by Crippen LogP contribution is -2.50. The lowest BCUT2D eigenvalue weighted by Gasteiger charge is -2.34. The van der Waals surface area contributed by atoms with Crippen molar-refractivity contribution in [1.82, 2.24) is 15.0 Å². The number of anilines is 1. The number of aryl methyl sites for hydroxylation is 2. The first-order chi connectivity index (χ1) is 11.7. The monoisotopic (exact) mass is 328 g/mol. The fourth-order valence-corrected chi connectivity index (χ4v) is 2.94. The Morgan fingerprint density at radius 2 is 1.96 bits per heavy atom. The van der Waals surface area contributed by atoms with Crippen LogP contribution in [0.4, 0.5) is 10.6 Å². The summed E-state index contributed by atoms with van der Waals surface area (Å²) < 4.78 is 4.96. The zero-order valence-electron chi connectivity index (χ0n) is 14.1. The van der Waals surface area contributed by atoms with E-state index in [2.05, 4.69) is 39.6 Å². The number of carbonyl (C=O) groups excluding carboxylic acids is 1. The molecule has 2 aromatic rings. The van der Waals surface area contributed by atoms with Crippen molar-refractivity contribution in [3.8, 4) is 0 Å². The van der Waals surface area contributed by atoms with E-state index in [1.165, 1.54) is 5.56 Å². The van der Waals surface area contributed by atoms with Gasteiger partial charge in [-0.3, -0.25) is 10.2 Å². The molecule has 2 amide bonds. The summed E-state index contributed by atoms with van der Waals surface area (Å²) in [7, 11) is 0. The molecule has 0 radical (unpaired) electrons. The molecule has 0 atom stereocenters. The Kier molecular flexibility index (Phi) is 5.48. The van der Waals surface area contributed by atoms with E-state index in [4.69, 9.17) is 4.52 Å². The van der Waals surface area contributed by atoms with E-state index < -0.39 is 0 Å². The molecule has 128 valence electrons. The van der Waals surface area contributed by atoms with Gasteiger partial charge in [0.15, 0.2) is 5.82 Å². The second-order valence-corrected chi connectivity index (χ2v) is 6.17. The van der Waals surface area contributed by atoms with Crippen LogP contribution in [-0.2, 0) is 6.42 Å². The maximum absolute atomic E-state index is 12.2. The van der Waals surface area contributed by atoms with E-state index in [9.17, 15) is 4.79 Å². The van der Waals surface area contributed by atoms with Crippen molar-refractivity contribution in [1.29, 1.82) is 0 Å². The molecule has 0 bridgehead atoms. The van der Waals surface area contributed by atoms with Crippen molar-refractivity contribution in [2.75, 3.05) is 38.0 Å². The first kappa shape index (κ1) is 16.5. The molecule has 0 saturated carbocycles. The van der Waals surface area contributed by atoms with Gasteiger partial charge in [0.25, 0.3) is 0 Å². The summed E-state index contributed by atoms with van der Waals surface area (Å²) in [6.07, 6.45) is 2.25. The molecule has 6 nitrogen and oxygen atoms in total. The number of nitrogens with zero attached hydrogens (tertiary/aromatic N) is 3. The standard InChI is InChI=1S/C18H24N4O2/c1-15-14-17(20-24-15)19-18(23)22-12-10-21(11-13-22)9-5-8-16-6-3-2-4-7-16/h2-4,6-7,14H,5,8-13H2,1H3,(H,19,20,23). The van der Waals surface area contributed by atoms with Gasteiger partial charge in [-0.2, -0.15) is 0 Å². The topological polar surface area (TPSA) is 61.6 Å². The summed E-state index contributed by atoms with van der Waals surface area (Å²) in [5.74, 6) is 1.16. The summed E-state index contributed by atoms with van der Waals surface area (Å²) >= 11 is 0. The second kappa shape index (κ2) is 7.97. The van der Waals surface area contributed by atoms with Gasteiger partial charge in [0.05, 0.1) is 0 Å². The molecule has 1 aromatic carbocycles. The molecule has 1 fully saturated rings. The number of hydrogen-bond acceptors (Lipinski definition) is 4. The average Bonchev–Trinajstić information content (AvgIpc) is 3.01. The summed E-state index contributed by atoms with van der Waals surface area (Å²) in [6.45, 7) is 6.20. The molecule has 0 aliphatic carbocycles. The van der Waals surface area contributed by atoms with E-state index in [-0.39, 0.29) is 6.03 Å². The molecule has 0 unspecified atom stereocenters. The molecule has 1 saturated heterocycles. The quantitative estimate of drug-likeness (QED) is 0.917. The van der Waals surface area contributed by atoms with Crippen LogP contribution in [0.5, 0.6) is 0 Å². The second-order valence-electron chi connectivity index (χ2n) is 6.17. The molecule has 1 N–H and O–H groups in total. The lowest BCUT2D eigenvalue weighted by atomic mass is 10.1. The fourth-order valence-electron chi connectivity index (χ4n) is 2.94. The molecule has 1 aliphatic heterocycles. The molecular weight excluding hydrogens is 304 g/mol. The molecule has 24 heavy (non-hydrogen) atoms. The van der Waals surface area contributed by atoms with Gasteiger partial charge >= 0.3 is 6.03 Å². The Hall–Kier alpha value is -2.34. The number of urea groups is 1. The predicted octanol–water partition coefficient (Wildman–Crippen LogP) is 2.77. The highest BCUT2D eigenvalue weighted by molar-refractivity contribution is 5.88. The minimum absolute atomic E-state index is 0.104. The largest absolute Gasteiger partial charge is 0.360 e. The minimum Gasteiger partial charge on any atom is -0.360 e. The van der Waals surface area contributed by atoms with E-state index >= 15 is 0 Å². The van der Waals surface area contributed by atoms with Gasteiger partial charge in [-0.1, -0.05) is 35.5 Å². The maximum Gasteiger partial charge on any atom is 0.323 e. The molecule has 6 heteroatoms. The number of aromatic nitrogens is 1. The molecule has 1 aliphatic rings. The number of amides is 2. The predicted molar refractivity (Wildman–Crippen MR) is 93.0 cm³/mol. The minimum atomic E-state index is -0.104. The van der Waals surface area contributed by atoms with Crippen molar-refractivity contribution < 1.29 is 9.32 Å². The smallest absolute Gasteiger partial charge is 0.323 e. The number of rotatable bonds is 5. The molecule has 0 spiro atoms. The number of nitrogens with one attached hydrogen (secondary N) is 1. The number of benzene rings is 1. The van der Waals surface area contributed by atoms with Gasteiger partial charge in [-0.25, -0.2) is 4.79 Å². The third-order valence-electron chi connectivity index (χ3n) is 4.31. The van der Waals surface area contributed by atoms with Gasteiger partial charge in [0, 0.05) is 32.2 Å². The fraction of sp³-hybridized carbons (Fsp3) is 0.444. The van der Waals surface area contributed by atoms with Crippen LogP contribution in [0, 0.1) is 6.92 Å². The summed E-state index contributed by atoms with van der Waals surface area (Å²) in [5.41, 5.74) is 1.39. The van der Waals surface area contributed by atoms with Crippen LogP contribution in [-0.4, -0.2) is 53.7 Å². The van der Waals surface area contributed by atoms with Crippen molar-refractivity contribution in [3.05, 3.63) is 47.7 Å². The normalized spacial score (nSPS) is 15.5. The Morgan fingerprint density at radius 1 is 1.21 bits per heavy atom. The van der Waals surface area contributed by atoms with Gasteiger partial charge in [-0.05, 0) is 31.9 Å². The van der Waals surface area contributed by atoms with Crippen LogP contribution in [0.1, 0.15) is 17.7 Å². The lowest BCUT2D eigenvalue weighted by molar-refractivity contribution is 0.146. The zero-order valence-corrected chi connectivity index (χ0v) is 14.1. The number of piperazine rings is 1. The third kappa shape index (κ3) is 4.58. The van der Waals surface area contributed by atoms with Crippen LogP contribution in [0.25, 0.3) is 0 Å². The van der Waals surface area contributed by atoms with Crippen molar-refractivity contribution in [2.45, 2.75) is 19.8 Å². The maximum atomic E-state index is 12.2. The van der Waals surface area contributed by atoms with E-state index in [1.807, 2.05) is 11.0 Å². The Bertz CT molecular complexity index is 648. The molecule has 1 aromatic heterocycles. The Labute approximate surface area is 142 Å². The van der Waals surface area contributed by atoms with Crippen molar-refractivity contribution in [3.63, 3.8) is 0 Å². The van der Waals surface area contributed by atoms with E-state index in [1.54, 1.807) is 13.0 Å². The van der Waals surface area contributed by atoms with Gasteiger partial charge in [-0.15, -0.1) is 0 Å².